The van der Waals surface area contributed by atoms with Gasteiger partial charge in [0.1, 0.15) is 11.5 Å². The Morgan fingerprint density at radius 2 is 1.25 bits per heavy atom. The van der Waals surface area contributed by atoms with Crippen molar-refractivity contribution < 1.29 is 23.5 Å². The van der Waals surface area contributed by atoms with Crippen molar-refractivity contribution in [3.63, 3.8) is 0 Å². The molecule has 0 aliphatic rings. The third-order valence-corrected chi connectivity index (χ3v) is 9.05. The summed E-state index contributed by atoms with van der Waals surface area (Å²) >= 11 is 0. The van der Waals surface area contributed by atoms with E-state index in [-0.39, 0.29) is 22.0 Å². The van der Waals surface area contributed by atoms with Crippen molar-refractivity contribution in [1.82, 2.24) is 0 Å². The number of carbonyl (C=O) groups is 2. The minimum Gasteiger partial charge on any atom is -0.426 e. The number of hydrogen-bond donors (Lipinski definition) is 0. The average Bonchev–Trinajstić information content (AvgIpc) is 2.92. The summed E-state index contributed by atoms with van der Waals surface area (Å²) in [6.07, 6.45) is 10.6. The first-order valence-electron chi connectivity index (χ1n) is 17.0. The number of aryl methyl sites for hydroxylation is 2. The van der Waals surface area contributed by atoms with Gasteiger partial charge in [-0.2, -0.15) is 4.79 Å². The van der Waals surface area contributed by atoms with Crippen LogP contribution in [-0.2, 0) is 4.79 Å². The lowest BCUT2D eigenvalue weighted by Gasteiger charge is -2.25. The highest BCUT2D eigenvalue weighted by Gasteiger charge is 2.29. The van der Waals surface area contributed by atoms with Gasteiger partial charge < -0.3 is 9.47 Å². The molecule has 2 aromatic rings. The molecule has 0 aliphatic carbocycles. The fourth-order valence-corrected chi connectivity index (χ4v) is 5.50. The standard InChI is InChI=1S/C39H62NO4/c1-28(2)33-21-20-30(5)35(25-33)44-38(42)40(10,11)23-19-17-15-13-12-14-16-18-22-39(8,9)27-37(41)43-36-26-34(29(3)4)24-31(6)32(36)7/h20-21,24-26,28-29H,12-19,22-23,27H2,1-11H3/q+1. The summed E-state index contributed by atoms with van der Waals surface area (Å²) in [5.41, 5.74) is 5.52. The van der Waals surface area contributed by atoms with Gasteiger partial charge in [-0.3, -0.25) is 4.79 Å². The molecule has 44 heavy (non-hydrogen) atoms. The number of benzene rings is 2. The fraction of sp³-hybridized carbons (Fsp3) is 0.641. The van der Waals surface area contributed by atoms with Crippen molar-refractivity contribution in [1.29, 1.82) is 0 Å². The van der Waals surface area contributed by atoms with Crippen LogP contribution in [0.25, 0.3) is 0 Å². The topological polar surface area (TPSA) is 52.6 Å². The monoisotopic (exact) mass is 608 g/mol. The first kappa shape index (κ1) is 37.5. The fourth-order valence-electron chi connectivity index (χ4n) is 5.50. The Labute approximate surface area is 269 Å². The van der Waals surface area contributed by atoms with Crippen LogP contribution in [0.15, 0.2) is 30.3 Å². The van der Waals surface area contributed by atoms with Gasteiger partial charge in [-0.25, -0.2) is 4.48 Å². The van der Waals surface area contributed by atoms with Crippen LogP contribution in [-0.4, -0.2) is 37.2 Å². The van der Waals surface area contributed by atoms with Crippen molar-refractivity contribution in [3.05, 3.63) is 58.1 Å². The number of rotatable bonds is 17. The van der Waals surface area contributed by atoms with Gasteiger partial charge in [0.25, 0.3) is 0 Å². The maximum absolute atomic E-state index is 12.9. The van der Waals surface area contributed by atoms with E-state index in [1.54, 1.807) is 0 Å². The average molecular weight is 609 g/mol. The zero-order valence-electron chi connectivity index (χ0n) is 29.9. The second-order valence-electron chi connectivity index (χ2n) is 15.0. The van der Waals surface area contributed by atoms with E-state index in [1.807, 2.05) is 46.1 Å². The Balaban J connectivity index is 1.62. The van der Waals surface area contributed by atoms with Gasteiger partial charge in [0.15, 0.2) is 0 Å². The number of esters is 1. The summed E-state index contributed by atoms with van der Waals surface area (Å²) < 4.78 is 11.9. The molecule has 5 nitrogen and oxygen atoms in total. The summed E-state index contributed by atoms with van der Waals surface area (Å²) in [7, 11) is 3.88. The molecule has 0 radical (unpaired) electrons. The number of amides is 1. The molecule has 1 amide bonds. The minimum absolute atomic E-state index is 0.0716. The van der Waals surface area contributed by atoms with Crippen LogP contribution in [0, 0.1) is 26.2 Å². The van der Waals surface area contributed by atoms with Crippen molar-refractivity contribution >= 4 is 12.1 Å². The van der Waals surface area contributed by atoms with Crippen LogP contribution < -0.4 is 9.47 Å². The molecule has 0 aromatic heterocycles. The highest BCUT2D eigenvalue weighted by Crippen LogP contribution is 2.32. The molecule has 0 saturated carbocycles. The van der Waals surface area contributed by atoms with E-state index in [0.717, 1.165) is 43.4 Å². The first-order valence-corrected chi connectivity index (χ1v) is 17.0. The van der Waals surface area contributed by atoms with Crippen LogP contribution in [0.2, 0.25) is 0 Å². The predicted molar refractivity (Wildman–Crippen MR) is 184 cm³/mol. The van der Waals surface area contributed by atoms with Crippen LogP contribution in [0.3, 0.4) is 0 Å². The molecule has 0 fully saturated rings. The Morgan fingerprint density at radius 1 is 0.705 bits per heavy atom. The second-order valence-corrected chi connectivity index (χ2v) is 15.0. The maximum Gasteiger partial charge on any atom is 0.521 e. The SMILES string of the molecule is Cc1ccc(C(C)C)cc1OC(=O)[N+](C)(C)CCCCCCCCCCC(C)(C)CC(=O)Oc1cc(C(C)C)cc(C)c1C. The van der Waals surface area contributed by atoms with E-state index in [0.29, 0.717) is 29.8 Å². The summed E-state index contributed by atoms with van der Waals surface area (Å²) in [5, 5.41) is 0. The largest absolute Gasteiger partial charge is 0.521 e. The third kappa shape index (κ3) is 12.4. The molecular formula is C39H62NO4+. The summed E-state index contributed by atoms with van der Waals surface area (Å²) in [6.45, 7) is 19.8. The van der Waals surface area contributed by atoms with E-state index < -0.39 is 0 Å². The lowest BCUT2D eigenvalue weighted by atomic mass is 9.83. The second kappa shape index (κ2) is 17.1. The van der Waals surface area contributed by atoms with Gasteiger partial charge in [-0.1, -0.05) is 98.3 Å². The highest BCUT2D eigenvalue weighted by molar-refractivity contribution is 5.73. The molecule has 0 heterocycles. The van der Waals surface area contributed by atoms with Crippen molar-refractivity contribution in [2.45, 2.75) is 138 Å². The smallest absolute Gasteiger partial charge is 0.426 e. The van der Waals surface area contributed by atoms with Crippen molar-refractivity contribution in [3.8, 4) is 11.5 Å². The zero-order chi connectivity index (χ0) is 33.1. The van der Waals surface area contributed by atoms with E-state index in [4.69, 9.17) is 9.47 Å². The van der Waals surface area contributed by atoms with Gasteiger partial charge in [0, 0.05) is 0 Å². The molecule has 2 rings (SSSR count). The van der Waals surface area contributed by atoms with Crippen molar-refractivity contribution in [2.75, 3.05) is 20.6 Å². The lowest BCUT2D eigenvalue weighted by Crippen LogP contribution is -2.48. The summed E-state index contributed by atoms with van der Waals surface area (Å²) in [4.78, 5) is 25.7. The van der Waals surface area contributed by atoms with Crippen LogP contribution in [0.1, 0.15) is 145 Å². The molecule has 246 valence electrons. The van der Waals surface area contributed by atoms with Gasteiger partial charge in [-0.15, -0.1) is 0 Å². The van der Waals surface area contributed by atoms with Gasteiger partial charge in [-0.05, 0) is 97.2 Å². The van der Waals surface area contributed by atoms with E-state index in [9.17, 15) is 9.59 Å². The molecule has 0 saturated heterocycles. The Bertz CT molecular complexity index is 1220. The number of quaternary nitrogens is 1. The van der Waals surface area contributed by atoms with E-state index in [2.05, 4.69) is 60.6 Å². The maximum atomic E-state index is 12.9. The van der Waals surface area contributed by atoms with E-state index >= 15 is 0 Å². The normalized spacial score (nSPS) is 12.2. The molecule has 0 N–H and O–H groups in total. The number of carbonyl (C=O) groups excluding carboxylic acids is 2. The molecule has 5 heteroatoms. The predicted octanol–water partition coefficient (Wildman–Crippen LogP) is 11.0. The van der Waals surface area contributed by atoms with Gasteiger partial charge in [0.05, 0.1) is 27.1 Å². The van der Waals surface area contributed by atoms with E-state index in [1.165, 1.54) is 48.8 Å². The minimum atomic E-state index is -0.198. The lowest BCUT2D eigenvalue weighted by molar-refractivity contribution is -0.815. The van der Waals surface area contributed by atoms with Gasteiger partial charge in [0.2, 0.25) is 0 Å². The Hall–Kier alpha value is -2.66. The van der Waals surface area contributed by atoms with Crippen LogP contribution in [0.4, 0.5) is 4.79 Å². The number of nitrogens with zero attached hydrogens (tertiary/aromatic N) is 1. The van der Waals surface area contributed by atoms with Crippen molar-refractivity contribution in [2.24, 2.45) is 5.41 Å². The highest BCUT2D eigenvalue weighted by atomic mass is 16.6. The molecule has 0 spiro atoms. The number of ether oxygens (including phenoxy) is 2. The summed E-state index contributed by atoms with van der Waals surface area (Å²) in [6, 6.07) is 10.4. The van der Waals surface area contributed by atoms with Crippen LogP contribution >= 0.6 is 0 Å². The number of unbranched alkanes of at least 4 members (excludes halogenated alkanes) is 7. The molecule has 2 aromatic carbocycles. The summed E-state index contributed by atoms with van der Waals surface area (Å²) in [5.74, 6) is 2.04. The molecular weight excluding hydrogens is 546 g/mol. The quantitative estimate of drug-likeness (QED) is 0.0776. The zero-order valence-corrected chi connectivity index (χ0v) is 29.9. The Kier molecular flexibility index (Phi) is 14.6. The van der Waals surface area contributed by atoms with Crippen LogP contribution in [0.5, 0.6) is 11.5 Å². The van der Waals surface area contributed by atoms with Gasteiger partial charge >= 0.3 is 12.1 Å². The number of hydrogen-bond acceptors (Lipinski definition) is 4. The molecule has 0 unspecified atom stereocenters. The molecule has 0 atom stereocenters. The molecule has 0 aliphatic heterocycles. The Morgan fingerprint density at radius 3 is 1.84 bits per heavy atom. The molecule has 0 bridgehead atoms. The third-order valence-electron chi connectivity index (χ3n) is 9.05. The first-order chi connectivity index (χ1) is 20.5.